The van der Waals surface area contributed by atoms with Crippen molar-refractivity contribution in [3.8, 4) is 0 Å². The van der Waals surface area contributed by atoms with Crippen molar-refractivity contribution in [1.29, 1.82) is 0 Å². The zero-order valence-electron chi connectivity index (χ0n) is 50.1. The molecule has 21 heteroatoms. The summed E-state index contributed by atoms with van der Waals surface area (Å²) in [5.41, 5.74) is 4.75. The highest BCUT2D eigenvalue weighted by Crippen LogP contribution is 2.25. The van der Waals surface area contributed by atoms with Gasteiger partial charge in [-0.1, -0.05) is 99.6 Å². The molecule has 0 aliphatic rings. The molecule has 0 aromatic heterocycles. The van der Waals surface area contributed by atoms with E-state index in [9.17, 15) is 37.5 Å². The average Bonchev–Trinajstić information content (AvgIpc) is 3.68. The minimum atomic E-state index is -0.910. The van der Waals surface area contributed by atoms with E-state index in [0.29, 0.717) is 46.8 Å². The molecule has 0 aliphatic heterocycles. The summed E-state index contributed by atoms with van der Waals surface area (Å²) in [6.07, 6.45) is 0. The second-order valence-electron chi connectivity index (χ2n) is 17.9. The summed E-state index contributed by atoms with van der Waals surface area (Å²) >= 11 is 25.6. The standard InChI is InChI=1S/2C12H16BrNO.C11H13BrClNO.C11H12BrF2NO.C11H14BrNO.C7H5BrO2/c1-4-14(5-2)12(15)11-7-6-10(13)8-9(11)3;1-4-14(5-2)12(15)10-6-7-11(13)9(3)8-10;1-3-14(4-2)11(15)9-6-5-8(12)7-10(9)13;1-3-15(4-2)11(16)10-8(13)5-7(12)6-9(10)14;1-3-13(4-2)11(14)9-7-5-6-8-10(9)12;8-6-4-2-1-3-5(6)7(9)10/h2*6-8H,4-5H2,1-3H3;5-7H,3-4H2,1-2H3;5-6H,3-4H2,1-2H3;5-8H,3-4H2,1-2H3;1-4H,(H,9,10). The Balaban J connectivity index is 0.000000512. The first-order valence-corrected chi connectivity index (χ1v) is 32.7. The third-order valence-corrected chi connectivity index (χ3v) is 16.7. The number of benzene rings is 6. The molecule has 6 aromatic rings. The quantitative estimate of drug-likeness (QED) is 0.102. The van der Waals surface area contributed by atoms with Crippen molar-refractivity contribution in [2.75, 3.05) is 65.4 Å². The molecule has 0 aliphatic carbocycles. The van der Waals surface area contributed by atoms with Crippen LogP contribution in [0.1, 0.15) is 143 Å². The Morgan fingerprint density at radius 2 is 0.753 bits per heavy atom. The number of halogens is 9. The fourth-order valence-electron chi connectivity index (χ4n) is 7.73. The number of carboxylic acids is 1. The van der Waals surface area contributed by atoms with Crippen LogP contribution < -0.4 is 0 Å². The van der Waals surface area contributed by atoms with E-state index in [4.69, 9.17) is 16.7 Å². The second kappa shape index (κ2) is 41.3. The predicted molar refractivity (Wildman–Crippen MR) is 362 cm³/mol. The molecule has 0 atom stereocenters. The van der Waals surface area contributed by atoms with Gasteiger partial charge in [0.2, 0.25) is 0 Å². The van der Waals surface area contributed by atoms with Crippen LogP contribution >= 0.6 is 107 Å². The van der Waals surface area contributed by atoms with Crippen LogP contribution in [-0.4, -0.2) is 131 Å². The average molecular weight is 1580 g/mol. The van der Waals surface area contributed by atoms with Crippen molar-refractivity contribution in [1.82, 2.24) is 24.5 Å². The smallest absolute Gasteiger partial charge is 0.336 e. The van der Waals surface area contributed by atoms with E-state index >= 15 is 0 Å². The van der Waals surface area contributed by atoms with E-state index in [1.165, 1.54) is 4.90 Å². The van der Waals surface area contributed by atoms with Crippen molar-refractivity contribution in [3.05, 3.63) is 203 Å². The fourth-order valence-corrected chi connectivity index (χ4v) is 10.5. The Bertz CT molecular complexity index is 3040. The van der Waals surface area contributed by atoms with Crippen molar-refractivity contribution in [3.63, 3.8) is 0 Å². The summed E-state index contributed by atoms with van der Waals surface area (Å²) in [5, 5.41) is 9.02. The van der Waals surface area contributed by atoms with Crippen LogP contribution in [0.15, 0.2) is 142 Å². The lowest BCUT2D eigenvalue weighted by molar-refractivity contribution is 0.0692. The molecule has 12 nitrogen and oxygen atoms in total. The van der Waals surface area contributed by atoms with Crippen LogP contribution in [0.25, 0.3) is 0 Å². The highest BCUT2D eigenvalue weighted by atomic mass is 79.9. The number of amides is 5. The first-order chi connectivity index (χ1) is 40.2. The van der Waals surface area contributed by atoms with Crippen LogP contribution in [0, 0.1) is 25.5 Å². The highest BCUT2D eigenvalue weighted by molar-refractivity contribution is 9.11. The Labute approximate surface area is 556 Å². The SMILES string of the molecule is CCN(CC)C(=O)c1c(F)cc(Br)cc1F.CCN(CC)C(=O)c1ccc(Br)c(C)c1.CCN(CC)C(=O)c1ccc(Br)cc1C.CCN(CC)C(=O)c1ccc(Br)cc1Cl.CCN(CC)C(=O)c1ccccc1Br.O=C(O)c1ccccc1Br. The lowest BCUT2D eigenvalue weighted by Crippen LogP contribution is -2.31. The van der Waals surface area contributed by atoms with E-state index in [1.54, 1.807) is 60.0 Å². The molecule has 6 rings (SSSR count). The lowest BCUT2D eigenvalue weighted by Gasteiger charge is -2.19. The van der Waals surface area contributed by atoms with Gasteiger partial charge in [-0.15, -0.1) is 0 Å². The van der Waals surface area contributed by atoms with Crippen molar-refractivity contribution >= 4 is 143 Å². The van der Waals surface area contributed by atoms with Crippen LogP contribution in [0.4, 0.5) is 8.78 Å². The number of aromatic carboxylic acids is 1. The number of carbonyl (C=O) groups is 6. The Morgan fingerprint density at radius 1 is 0.388 bits per heavy atom. The van der Waals surface area contributed by atoms with Gasteiger partial charge in [0.05, 0.1) is 21.7 Å². The van der Waals surface area contributed by atoms with Crippen molar-refractivity contribution in [2.45, 2.75) is 83.1 Å². The molecule has 5 amide bonds. The van der Waals surface area contributed by atoms with Gasteiger partial charge in [-0.3, -0.25) is 24.0 Å². The van der Waals surface area contributed by atoms with Crippen LogP contribution in [0.2, 0.25) is 5.02 Å². The molecular formula is C64H76Br6ClF2N5O7. The van der Waals surface area contributed by atoms with Gasteiger partial charge in [0.1, 0.15) is 17.2 Å². The number of carbonyl (C=O) groups excluding carboxylic acids is 5. The molecule has 85 heavy (non-hydrogen) atoms. The Morgan fingerprint density at radius 3 is 1.13 bits per heavy atom. The first kappa shape index (κ1) is 78.2. The molecule has 462 valence electrons. The van der Waals surface area contributed by atoms with Crippen molar-refractivity contribution in [2.24, 2.45) is 0 Å². The molecule has 1 N–H and O–H groups in total. The normalized spacial score (nSPS) is 10.0. The van der Waals surface area contributed by atoms with E-state index < -0.39 is 29.1 Å². The lowest BCUT2D eigenvalue weighted by atomic mass is 10.1. The Kier molecular flexibility index (Phi) is 38.0. The zero-order valence-corrected chi connectivity index (χ0v) is 60.3. The molecule has 0 saturated heterocycles. The maximum Gasteiger partial charge on any atom is 0.336 e. The summed E-state index contributed by atoms with van der Waals surface area (Å²) in [4.78, 5) is 78.7. The molecule has 0 unspecified atom stereocenters. The summed E-state index contributed by atoms with van der Waals surface area (Å²) in [6.45, 7) is 30.1. The van der Waals surface area contributed by atoms with Crippen LogP contribution in [0.5, 0.6) is 0 Å². The van der Waals surface area contributed by atoms with Gasteiger partial charge < -0.3 is 29.6 Å². The molecule has 0 spiro atoms. The van der Waals surface area contributed by atoms with Gasteiger partial charge in [0, 0.05) is 103 Å². The largest absolute Gasteiger partial charge is 0.478 e. The summed E-state index contributed by atoms with van der Waals surface area (Å²) in [6, 6.07) is 33.1. The number of aryl methyl sites for hydroxylation is 2. The van der Waals surface area contributed by atoms with E-state index in [2.05, 4.69) is 95.6 Å². The third-order valence-electron chi connectivity index (χ3n) is 12.7. The molecule has 0 fully saturated rings. The molecule has 0 saturated carbocycles. The van der Waals surface area contributed by atoms with Crippen LogP contribution in [-0.2, 0) is 0 Å². The third kappa shape index (κ3) is 25.4. The number of carboxylic acid groups (broad SMARTS) is 1. The van der Waals surface area contributed by atoms with Crippen molar-refractivity contribution < 1.29 is 42.7 Å². The maximum atomic E-state index is 13.5. The molecule has 0 heterocycles. The molecule has 6 aromatic carbocycles. The van der Waals surface area contributed by atoms with E-state index in [0.717, 1.165) is 97.1 Å². The molecule has 0 radical (unpaired) electrons. The van der Waals surface area contributed by atoms with Gasteiger partial charge in [0.15, 0.2) is 0 Å². The number of nitrogens with zero attached hydrogens (tertiary/aromatic N) is 5. The van der Waals surface area contributed by atoms with Gasteiger partial charge in [-0.05, 0) is 217 Å². The zero-order chi connectivity index (χ0) is 64.7. The minimum absolute atomic E-state index is 0.0162. The van der Waals surface area contributed by atoms with Gasteiger partial charge in [-0.2, -0.15) is 0 Å². The maximum absolute atomic E-state index is 13.5. The molecular weight excluding hydrogens is 1500 g/mol. The fraction of sp³-hybridized carbons (Fsp3) is 0.344. The number of hydrogen-bond donors (Lipinski definition) is 1. The minimum Gasteiger partial charge on any atom is -0.478 e. The van der Waals surface area contributed by atoms with E-state index in [-0.39, 0.29) is 28.1 Å². The number of hydrogen-bond acceptors (Lipinski definition) is 6. The van der Waals surface area contributed by atoms with Gasteiger partial charge >= 0.3 is 5.97 Å². The van der Waals surface area contributed by atoms with Gasteiger partial charge in [-0.25, -0.2) is 13.6 Å². The number of rotatable bonds is 16. The Hall–Kier alpha value is -4.83. The predicted octanol–water partition coefficient (Wildman–Crippen LogP) is 18.4. The van der Waals surface area contributed by atoms with E-state index in [1.807, 2.05) is 146 Å². The summed E-state index contributed by atoms with van der Waals surface area (Å²) in [7, 11) is 0. The molecule has 0 bridgehead atoms. The second-order valence-corrected chi connectivity index (χ2v) is 23.7. The summed E-state index contributed by atoms with van der Waals surface area (Å²) < 4.78 is 31.6. The topological polar surface area (TPSA) is 139 Å². The van der Waals surface area contributed by atoms with Crippen LogP contribution in [0.3, 0.4) is 0 Å². The highest BCUT2D eigenvalue weighted by Gasteiger charge is 2.23. The first-order valence-electron chi connectivity index (χ1n) is 27.5. The monoisotopic (exact) mass is 1570 g/mol. The van der Waals surface area contributed by atoms with Gasteiger partial charge in [0.25, 0.3) is 29.5 Å². The summed E-state index contributed by atoms with van der Waals surface area (Å²) in [5.74, 6) is -2.92.